The molecule has 1 N–H and O–H groups in total. The molecule has 0 unspecified atom stereocenters. The topological polar surface area (TPSA) is 76.2 Å². The normalized spacial score (nSPS) is 19.0. The summed E-state index contributed by atoms with van der Waals surface area (Å²) in [6.45, 7) is 3.93. The van der Waals surface area contributed by atoms with Crippen molar-refractivity contribution in [2.45, 2.75) is 32.4 Å². The summed E-state index contributed by atoms with van der Waals surface area (Å²) in [7, 11) is 0. The number of nitrogens with one attached hydrogen (secondary N) is 1. The van der Waals surface area contributed by atoms with E-state index in [4.69, 9.17) is 4.52 Å². The molecule has 7 nitrogen and oxygen atoms in total. The zero-order chi connectivity index (χ0) is 14.7. The molecule has 2 aromatic heterocycles. The summed E-state index contributed by atoms with van der Waals surface area (Å²) >= 11 is 0. The highest BCUT2D eigenvalue weighted by atomic mass is 16.5. The monoisotopic (exact) mass is 289 g/mol. The van der Waals surface area contributed by atoms with Crippen molar-refractivity contribution < 1.29 is 9.32 Å². The van der Waals surface area contributed by atoms with Gasteiger partial charge in [0.1, 0.15) is 5.76 Å². The quantitative estimate of drug-likeness (QED) is 0.897. The number of amides is 1. The maximum atomic E-state index is 12.1. The van der Waals surface area contributed by atoms with Crippen molar-refractivity contribution in [1.82, 2.24) is 19.8 Å². The van der Waals surface area contributed by atoms with Crippen LogP contribution in [0.4, 0.5) is 5.82 Å². The second-order valence-electron chi connectivity index (χ2n) is 5.37. The van der Waals surface area contributed by atoms with E-state index in [9.17, 15) is 4.79 Å². The summed E-state index contributed by atoms with van der Waals surface area (Å²) in [6.07, 6.45) is 5.94. The molecule has 0 saturated carbocycles. The Hall–Kier alpha value is -2.15. The lowest BCUT2D eigenvalue weighted by molar-refractivity contribution is -0.117. The van der Waals surface area contributed by atoms with Gasteiger partial charge in [-0.1, -0.05) is 5.16 Å². The number of aromatic nitrogens is 3. The van der Waals surface area contributed by atoms with Gasteiger partial charge in [0.05, 0.1) is 13.1 Å². The molecule has 1 fully saturated rings. The van der Waals surface area contributed by atoms with Gasteiger partial charge >= 0.3 is 0 Å². The van der Waals surface area contributed by atoms with Crippen LogP contribution in [-0.2, 0) is 11.3 Å². The summed E-state index contributed by atoms with van der Waals surface area (Å²) < 4.78 is 6.86. The number of anilines is 1. The van der Waals surface area contributed by atoms with E-state index >= 15 is 0 Å². The van der Waals surface area contributed by atoms with Gasteiger partial charge in [-0.15, -0.1) is 0 Å². The summed E-state index contributed by atoms with van der Waals surface area (Å²) in [6, 6.07) is 3.98. The van der Waals surface area contributed by atoms with Gasteiger partial charge < -0.3 is 9.84 Å². The molecule has 2 aromatic rings. The summed E-state index contributed by atoms with van der Waals surface area (Å²) in [5.74, 6) is 1.10. The van der Waals surface area contributed by atoms with Crippen LogP contribution in [0.5, 0.6) is 0 Å². The number of nitrogens with zero attached hydrogens (tertiary/aromatic N) is 4. The van der Waals surface area contributed by atoms with Gasteiger partial charge in [0.15, 0.2) is 5.82 Å². The Morgan fingerprint density at radius 1 is 1.57 bits per heavy atom. The largest absolute Gasteiger partial charge is 0.360 e. The number of likely N-dealkylation sites (tertiary alicyclic amines) is 1. The fourth-order valence-electron chi connectivity index (χ4n) is 2.73. The molecule has 0 bridgehead atoms. The third-order valence-corrected chi connectivity index (χ3v) is 3.70. The smallest absolute Gasteiger partial charge is 0.239 e. The highest BCUT2D eigenvalue weighted by Gasteiger charge is 2.26. The summed E-state index contributed by atoms with van der Waals surface area (Å²) in [5, 5.41) is 10.8. The molecule has 1 aliphatic heterocycles. The molecule has 21 heavy (non-hydrogen) atoms. The summed E-state index contributed by atoms with van der Waals surface area (Å²) in [4.78, 5) is 14.3. The number of rotatable bonds is 5. The van der Waals surface area contributed by atoms with Crippen molar-refractivity contribution in [3.05, 3.63) is 30.3 Å². The van der Waals surface area contributed by atoms with Crippen LogP contribution in [0.1, 0.15) is 18.6 Å². The van der Waals surface area contributed by atoms with Gasteiger partial charge in [0.2, 0.25) is 5.91 Å². The van der Waals surface area contributed by atoms with Crippen LogP contribution in [0.25, 0.3) is 0 Å². The van der Waals surface area contributed by atoms with Crippen LogP contribution in [-0.4, -0.2) is 44.9 Å². The molecule has 1 amide bonds. The third kappa shape index (κ3) is 3.49. The molecule has 3 rings (SSSR count). The number of carbonyl (C=O) groups excluding carboxylic acids is 1. The molecule has 3 heterocycles. The minimum absolute atomic E-state index is 0.0596. The second-order valence-corrected chi connectivity index (χ2v) is 5.37. The van der Waals surface area contributed by atoms with E-state index in [0.29, 0.717) is 24.2 Å². The fourth-order valence-corrected chi connectivity index (χ4v) is 2.73. The molecule has 0 radical (unpaired) electrons. The van der Waals surface area contributed by atoms with Gasteiger partial charge in [-0.2, -0.15) is 5.10 Å². The van der Waals surface area contributed by atoms with Crippen molar-refractivity contribution in [1.29, 1.82) is 0 Å². The van der Waals surface area contributed by atoms with Crippen molar-refractivity contribution in [2.75, 3.05) is 18.4 Å². The van der Waals surface area contributed by atoms with Crippen LogP contribution in [0.15, 0.2) is 29.0 Å². The molecule has 0 aromatic carbocycles. The van der Waals surface area contributed by atoms with Crippen molar-refractivity contribution in [2.24, 2.45) is 0 Å². The van der Waals surface area contributed by atoms with E-state index in [1.54, 1.807) is 19.2 Å². The zero-order valence-electron chi connectivity index (χ0n) is 12.0. The lowest BCUT2D eigenvalue weighted by Crippen LogP contribution is -2.39. The van der Waals surface area contributed by atoms with Crippen molar-refractivity contribution in [3.63, 3.8) is 0 Å². The molecule has 1 atom stereocenters. The Labute approximate surface area is 122 Å². The Kier molecular flexibility index (Phi) is 4.01. The number of hydrogen-bond acceptors (Lipinski definition) is 5. The molecular formula is C14H19N5O2. The first-order chi connectivity index (χ1) is 10.2. The number of aryl methyl sites for hydroxylation is 1. The standard InChI is InChI=1S/C14H19N5O2/c1-11-8-13(17-21-11)16-14(20)10-18-6-2-4-12(18)9-19-7-3-5-15-19/h3,5,7-8,12H,2,4,6,9-10H2,1H3,(H,16,17,20)/t12-/m0/s1. The Morgan fingerprint density at radius 3 is 3.19 bits per heavy atom. The van der Waals surface area contributed by atoms with Crippen molar-refractivity contribution in [3.8, 4) is 0 Å². The predicted octanol–water partition coefficient (Wildman–Crippen LogP) is 1.28. The molecule has 7 heteroatoms. The van der Waals surface area contributed by atoms with E-state index in [1.165, 1.54) is 0 Å². The molecule has 1 aliphatic rings. The van der Waals surface area contributed by atoms with Gasteiger partial charge in [0, 0.05) is 24.5 Å². The van der Waals surface area contributed by atoms with Gasteiger partial charge in [-0.05, 0) is 32.4 Å². The van der Waals surface area contributed by atoms with Crippen LogP contribution in [0.3, 0.4) is 0 Å². The predicted molar refractivity (Wildman–Crippen MR) is 76.7 cm³/mol. The van der Waals surface area contributed by atoms with E-state index in [2.05, 4.69) is 20.5 Å². The average molecular weight is 289 g/mol. The molecular weight excluding hydrogens is 270 g/mol. The number of carbonyl (C=O) groups is 1. The van der Waals surface area contributed by atoms with E-state index in [0.717, 1.165) is 25.9 Å². The zero-order valence-corrected chi connectivity index (χ0v) is 12.0. The van der Waals surface area contributed by atoms with Gasteiger partial charge in [-0.3, -0.25) is 14.4 Å². The van der Waals surface area contributed by atoms with E-state index in [-0.39, 0.29) is 5.91 Å². The number of hydrogen-bond donors (Lipinski definition) is 1. The maximum Gasteiger partial charge on any atom is 0.239 e. The minimum Gasteiger partial charge on any atom is -0.360 e. The van der Waals surface area contributed by atoms with E-state index in [1.807, 2.05) is 16.9 Å². The fraction of sp³-hybridized carbons (Fsp3) is 0.500. The van der Waals surface area contributed by atoms with Crippen molar-refractivity contribution >= 4 is 11.7 Å². The Balaban J connectivity index is 1.54. The van der Waals surface area contributed by atoms with Gasteiger partial charge in [-0.25, -0.2) is 0 Å². The van der Waals surface area contributed by atoms with Crippen LogP contribution in [0.2, 0.25) is 0 Å². The van der Waals surface area contributed by atoms with E-state index < -0.39 is 0 Å². The molecule has 0 aliphatic carbocycles. The van der Waals surface area contributed by atoms with Crippen LogP contribution >= 0.6 is 0 Å². The minimum atomic E-state index is -0.0596. The highest BCUT2D eigenvalue weighted by Crippen LogP contribution is 2.18. The summed E-state index contributed by atoms with van der Waals surface area (Å²) in [5.41, 5.74) is 0. The van der Waals surface area contributed by atoms with Crippen LogP contribution in [0, 0.1) is 6.92 Å². The lowest BCUT2D eigenvalue weighted by atomic mass is 10.2. The maximum absolute atomic E-state index is 12.1. The van der Waals surface area contributed by atoms with Gasteiger partial charge in [0.25, 0.3) is 0 Å². The first-order valence-electron chi connectivity index (χ1n) is 7.15. The lowest BCUT2D eigenvalue weighted by Gasteiger charge is -2.23. The first-order valence-corrected chi connectivity index (χ1v) is 7.15. The molecule has 112 valence electrons. The third-order valence-electron chi connectivity index (χ3n) is 3.70. The Bertz CT molecular complexity index is 592. The average Bonchev–Trinajstić information content (AvgIpc) is 3.15. The Morgan fingerprint density at radius 2 is 2.48 bits per heavy atom. The highest BCUT2D eigenvalue weighted by molar-refractivity contribution is 5.91. The molecule has 0 spiro atoms. The first kappa shape index (κ1) is 13.8. The van der Waals surface area contributed by atoms with Crippen LogP contribution < -0.4 is 5.32 Å². The molecule has 1 saturated heterocycles. The SMILES string of the molecule is Cc1cc(NC(=O)CN2CCC[C@H]2Cn2cccn2)no1. The second kappa shape index (κ2) is 6.09.